The lowest BCUT2D eigenvalue weighted by atomic mass is 10.0. The van der Waals surface area contributed by atoms with Gasteiger partial charge in [0, 0.05) is 0 Å². The van der Waals surface area contributed by atoms with Crippen molar-refractivity contribution in [1.29, 1.82) is 0 Å². The first kappa shape index (κ1) is 14.1. The predicted octanol–water partition coefficient (Wildman–Crippen LogP) is 0.939. The molecule has 0 aromatic heterocycles. The third-order valence-corrected chi connectivity index (χ3v) is 4.22. The molecule has 6 heteroatoms. The number of carbonyl (C=O) groups excluding carboxylic acids is 1. The van der Waals surface area contributed by atoms with Gasteiger partial charge in [0.2, 0.25) is 5.91 Å². The fourth-order valence-corrected chi connectivity index (χ4v) is 2.64. The lowest BCUT2D eigenvalue weighted by Crippen LogP contribution is -2.57. The Bertz CT molecular complexity index is 347. The van der Waals surface area contributed by atoms with E-state index >= 15 is 0 Å². The van der Waals surface area contributed by atoms with Crippen molar-refractivity contribution in [2.24, 2.45) is 5.92 Å². The van der Waals surface area contributed by atoms with Crippen LogP contribution in [0.3, 0.4) is 0 Å². The lowest BCUT2D eigenvalue weighted by Gasteiger charge is -2.33. The molecular weight excluding hydrogens is 218 g/mol. The summed E-state index contributed by atoms with van der Waals surface area (Å²) in [6, 6.07) is 0. The van der Waals surface area contributed by atoms with E-state index in [-0.39, 0.29) is 6.42 Å². The standard InChI is InChI=1S/C9H17NO4S/c1-5-8(11)10-9(6-2,7(3)4)15(12,13)14/h5,7H,1,6H2,2-4H3,(H,10,11)(H,12,13,14). The fourth-order valence-electron chi connectivity index (χ4n) is 1.45. The van der Waals surface area contributed by atoms with E-state index in [9.17, 15) is 13.2 Å². The highest BCUT2D eigenvalue weighted by molar-refractivity contribution is 7.87. The first-order chi connectivity index (χ1) is 6.71. The van der Waals surface area contributed by atoms with E-state index in [1.807, 2.05) is 0 Å². The molecule has 0 spiro atoms. The maximum Gasteiger partial charge on any atom is 0.289 e. The van der Waals surface area contributed by atoms with Gasteiger partial charge in [-0.2, -0.15) is 8.42 Å². The highest BCUT2D eigenvalue weighted by atomic mass is 32.2. The third-order valence-electron chi connectivity index (χ3n) is 2.44. The Morgan fingerprint density at radius 3 is 2.27 bits per heavy atom. The van der Waals surface area contributed by atoms with Gasteiger partial charge >= 0.3 is 0 Å². The van der Waals surface area contributed by atoms with Crippen molar-refractivity contribution >= 4 is 16.0 Å². The highest BCUT2D eigenvalue weighted by Gasteiger charge is 2.45. The van der Waals surface area contributed by atoms with E-state index < -0.39 is 26.8 Å². The summed E-state index contributed by atoms with van der Waals surface area (Å²) < 4.78 is 31.7. The Labute approximate surface area is 90.3 Å². The van der Waals surface area contributed by atoms with Crippen LogP contribution in [0.25, 0.3) is 0 Å². The van der Waals surface area contributed by atoms with Gasteiger partial charge in [-0.3, -0.25) is 9.35 Å². The van der Waals surface area contributed by atoms with E-state index in [1.54, 1.807) is 20.8 Å². The van der Waals surface area contributed by atoms with Gasteiger partial charge in [-0.15, -0.1) is 0 Å². The average Bonchev–Trinajstić information content (AvgIpc) is 2.11. The summed E-state index contributed by atoms with van der Waals surface area (Å²) in [5.41, 5.74) is 0. The average molecular weight is 235 g/mol. The molecular formula is C9H17NO4S. The zero-order valence-electron chi connectivity index (χ0n) is 9.15. The van der Waals surface area contributed by atoms with Crippen LogP contribution in [-0.2, 0) is 14.9 Å². The van der Waals surface area contributed by atoms with Crippen LogP contribution in [0.15, 0.2) is 12.7 Å². The zero-order chi connectivity index (χ0) is 12.3. The Balaban J connectivity index is 5.37. The summed E-state index contributed by atoms with van der Waals surface area (Å²) in [5.74, 6) is -1.07. The first-order valence-electron chi connectivity index (χ1n) is 4.63. The van der Waals surface area contributed by atoms with E-state index in [2.05, 4.69) is 11.9 Å². The van der Waals surface area contributed by atoms with Gasteiger partial charge < -0.3 is 5.32 Å². The summed E-state index contributed by atoms with van der Waals surface area (Å²) in [6.07, 6.45) is 1.06. The summed E-state index contributed by atoms with van der Waals surface area (Å²) in [5, 5.41) is 2.27. The van der Waals surface area contributed by atoms with Gasteiger partial charge in [-0.05, 0) is 18.4 Å². The Hall–Kier alpha value is -0.880. The number of nitrogens with one attached hydrogen (secondary N) is 1. The molecule has 5 nitrogen and oxygen atoms in total. The number of carbonyl (C=O) groups is 1. The second kappa shape index (κ2) is 4.76. The molecule has 0 aliphatic rings. The molecule has 0 bridgehead atoms. The Morgan fingerprint density at radius 1 is 1.60 bits per heavy atom. The van der Waals surface area contributed by atoms with Gasteiger partial charge in [0.05, 0.1) is 0 Å². The second-order valence-electron chi connectivity index (χ2n) is 3.57. The zero-order valence-corrected chi connectivity index (χ0v) is 9.97. The van der Waals surface area contributed by atoms with Crippen molar-refractivity contribution in [2.75, 3.05) is 0 Å². The molecule has 0 saturated heterocycles. The molecule has 0 aromatic carbocycles. The molecule has 0 saturated carbocycles. The number of amides is 1. The van der Waals surface area contributed by atoms with E-state index in [4.69, 9.17) is 4.55 Å². The van der Waals surface area contributed by atoms with E-state index in [1.165, 1.54) is 0 Å². The van der Waals surface area contributed by atoms with E-state index in [0.29, 0.717) is 0 Å². The van der Waals surface area contributed by atoms with Crippen LogP contribution in [0.4, 0.5) is 0 Å². The molecule has 0 rings (SSSR count). The SMILES string of the molecule is C=CC(=O)NC(CC)(C(C)C)S(=O)(=O)O. The molecule has 0 heterocycles. The van der Waals surface area contributed by atoms with Gasteiger partial charge in [0.25, 0.3) is 10.1 Å². The van der Waals surface area contributed by atoms with Crippen LogP contribution in [0.1, 0.15) is 27.2 Å². The maximum atomic E-state index is 11.3. The van der Waals surface area contributed by atoms with E-state index in [0.717, 1.165) is 6.08 Å². The van der Waals surface area contributed by atoms with Crippen molar-refractivity contribution in [3.05, 3.63) is 12.7 Å². The largest absolute Gasteiger partial charge is 0.331 e. The van der Waals surface area contributed by atoms with Crippen molar-refractivity contribution < 1.29 is 17.8 Å². The van der Waals surface area contributed by atoms with Gasteiger partial charge in [-0.1, -0.05) is 27.4 Å². The lowest BCUT2D eigenvalue weighted by molar-refractivity contribution is -0.118. The van der Waals surface area contributed by atoms with Crippen molar-refractivity contribution in [2.45, 2.75) is 32.1 Å². The molecule has 0 fully saturated rings. The van der Waals surface area contributed by atoms with Gasteiger partial charge in [0.1, 0.15) is 0 Å². The van der Waals surface area contributed by atoms with Gasteiger partial charge in [0.15, 0.2) is 4.87 Å². The van der Waals surface area contributed by atoms with Crippen molar-refractivity contribution in [3.63, 3.8) is 0 Å². The number of hydrogen-bond donors (Lipinski definition) is 2. The van der Waals surface area contributed by atoms with Crippen LogP contribution in [0.2, 0.25) is 0 Å². The quantitative estimate of drug-likeness (QED) is 0.548. The predicted molar refractivity (Wildman–Crippen MR) is 57.7 cm³/mol. The van der Waals surface area contributed by atoms with Crippen molar-refractivity contribution in [3.8, 4) is 0 Å². The summed E-state index contributed by atoms with van der Waals surface area (Å²) >= 11 is 0. The van der Waals surface area contributed by atoms with Crippen molar-refractivity contribution in [1.82, 2.24) is 5.32 Å². The molecule has 1 atom stereocenters. The van der Waals surface area contributed by atoms with Crippen LogP contribution in [0.5, 0.6) is 0 Å². The topological polar surface area (TPSA) is 83.5 Å². The Kier molecular flexibility index (Phi) is 4.48. The summed E-state index contributed by atoms with van der Waals surface area (Å²) in [4.78, 5) is 9.49. The Morgan fingerprint density at radius 2 is 2.07 bits per heavy atom. The maximum absolute atomic E-state index is 11.3. The molecule has 15 heavy (non-hydrogen) atoms. The summed E-state index contributed by atoms with van der Waals surface area (Å²) in [6.45, 7) is 8.04. The molecule has 2 N–H and O–H groups in total. The van der Waals surface area contributed by atoms with Crippen LogP contribution in [-0.4, -0.2) is 23.7 Å². The molecule has 0 radical (unpaired) electrons. The van der Waals surface area contributed by atoms with Gasteiger partial charge in [-0.25, -0.2) is 0 Å². The first-order valence-corrected chi connectivity index (χ1v) is 6.07. The smallest absolute Gasteiger partial charge is 0.289 e. The molecule has 88 valence electrons. The molecule has 1 amide bonds. The van der Waals surface area contributed by atoms with Crippen LogP contribution in [0, 0.1) is 5.92 Å². The monoisotopic (exact) mass is 235 g/mol. The van der Waals surface area contributed by atoms with Crippen LogP contribution < -0.4 is 5.32 Å². The summed E-state index contributed by atoms with van der Waals surface area (Å²) in [7, 11) is -4.36. The highest BCUT2D eigenvalue weighted by Crippen LogP contribution is 2.26. The minimum atomic E-state index is -4.36. The fraction of sp³-hybridized carbons (Fsp3) is 0.667. The molecule has 0 aliphatic carbocycles. The number of rotatable bonds is 5. The minimum Gasteiger partial charge on any atom is -0.331 e. The minimum absolute atomic E-state index is 0.0864. The third kappa shape index (κ3) is 2.79. The normalized spacial score (nSPS) is 15.8. The molecule has 0 aliphatic heterocycles. The van der Waals surface area contributed by atoms with Crippen LogP contribution >= 0.6 is 0 Å². The molecule has 0 aromatic rings. The second-order valence-corrected chi connectivity index (χ2v) is 5.24. The molecule has 1 unspecified atom stereocenters. The number of hydrogen-bond acceptors (Lipinski definition) is 3.